The van der Waals surface area contributed by atoms with E-state index < -0.39 is 5.54 Å². The normalized spacial score (nSPS) is 17.5. The second kappa shape index (κ2) is 6.33. The average Bonchev–Trinajstić information content (AvgIpc) is 2.47. The van der Waals surface area contributed by atoms with Crippen molar-refractivity contribution in [2.75, 3.05) is 26.2 Å². The lowest BCUT2D eigenvalue weighted by Gasteiger charge is -2.36. The Morgan fingerprint density at radius 1 is 1.50 bits per heavy atom. The Kier molecular flexibility index (Phi) is 4.73. The Hall–Kier alpha value is -1.46. The van der Waals surface area contributed by atoms with E-state index in [2.05, 4.69) is 5.32 Å². The first kappa shape index (κ1) is 14.9. The second-order valence-electron chi connectivity index (χ2n) is 4.86. The van der Waals surface area contributed by atoms with Gasteiger partial charge in [-0.1, -0.05) is 0 Å². The molecule has 1 amide bonds. The molecule has 0 bridgehead atoms. The van der Waals surface area contributed by atoms with Crippen LogP contribution in [-0.2, 0) is 4.74 Å². The van der Waals surface area contributed by atoms with Gasteiger partial charge in [-0.2, -0.15) is 0 Å². The molecule has 0 atom stereocenters. The maximum absolute atomic E-state index is 12.3. The molecule has 20 heavy (non-hydrogen) atoms. The highest BCUT2D eigenvalue weighted by molar-refractivity contribution is 6.19. The molecule has 0 unspecified atom stereocenters. The number of alkyl halides is 1. The molecule has 0 radical (unpaired) electrons. The molecule has 110 valence electrons. The molecule has 1 saturated heterocycles. The summed E-state index contributed by atoms with van der Waals surface area (Å²) in [6.07, 6.45) is 1.33. The third-order valence-electron chi connectivity index (χ3n) is 3.53. The fourth-order valence-electron chi connectivity index (χ4n) is 2.19. The number of nitrogens with one attached hydrogen (secondary N) is 1. The zero-order valence-corrected chi connectivity index (χ0v) is 12.1. The van der Waals surface area contributed by atoms with E-state index in [4.69, 9.17) is 21.1 Å². The molecule has 2 rings (SSSR count). The predicted octanol–water partition coefficient (Wildman–Crippen LogP) is 1.92. The van der Waals surface area contributed by atoms with Crippen molar-refractivity contribution >= 4 is 17.5 Å². The van der Waals surface area contributed by atoms with Crippen molar-refractivity contribution in [1.29, 1.82) is 0 Å². The first-order valence-corrected chi connectivity index (χ1v) is 6.97. The van der Waals surface area contributed by atoms with Crippen molar-refractivity contribution < 1.29 is 19.4 Å². The van der Waals surface area contributed by atoms with E-state index in [1.807, 2.05) is 0 Å². The Morgan fingerprint density at radius 2 is 2.20 bits per heavy atom. The van der Waals surface area contributed by atoms with E-state index >= 15 is 0 Å². The van der Waals surface area contributed by atoms with Crippen LogP contribution in [0.1, 0.15) is 23.2 Å². The van der Waals surface area contributed by atoms with Gasteiger partial charge in [-0.25, -0.2) is 0 Å². The molecule has 6 heteroatoms. The van der Waals surface area contributed by atoms with Gasteiger partial charge < -0.3 is 19.9 Å². The molecule has 0 spiro atoms. The number of hydrogen-bond donors (Lipinski definition) is 2. The minimum Gasteiger partial charge on any atom is -0.507 e. The number of phenolic OH excluding ortho intramolecular Hbond substituents is 1. The molecule has 0 aliphatic carbocycles. The maximum Gasteiger partial charge on any atom is 0.255 e. The monoisotopic (exact) mass is 299 g/mol. The summed E-state index contributed by atoms with van der Waals surface area (Å²) in [5.74, 6) is 0.363. The SMILES string of the molecule is COc1ccc(C(=O)NC2(CCl)CCOCC2)c(O)c1. The lowest BCUT2D eigenvalue weighted by atomic mass is 9.91. The molecule has 1 aliphatic rings. The van der Waals surface area contributed by atoms with Gasteiger partial charge in [-0.15, -0.1) is 11.6 Å². The number of amides is 1. The van der Waals surface area contributed by atoms with Gasteiger partial charge in [-0.05, 0) is 25.0 Å². The quantitative estimate of drug-likeness (QED) is 0.834. The second-order valence-corrected chi connectivity index (χ2v) is 5.13. The summed E-state index contributed by atoms with van der Waals surface area (Å²) in [5.41, 5.74) is -0.259. The molecule has 1 heterocycles. The highest BCUT2D eigenvalue weighted by Crippen LogP contribution is 2.26. The number of hydrogen-bond acceptors (Lipinski definition) is 4. The minimum absolute atomic E-state index is 0.112. The Balaban J connectivity index is 2.14. The van der Waals surface area contributed by atoms with Crippen molar-refractivity contribution in [2.24, 2.45) is 0 Å². The zero-order valence-electron chi connectivity index (χ0n) is 11.3. The first-order chi connectivity index (χ1) is 9.60. The summed E-state index contributed by atoms with van der Waals surface area (Å²) < 4.78 is 10.3. The number of rotatable bonds is 4. The Morgan fingerprint density at radius 3 is 2.75 bits per heavy atom. The summed E-state index contributed by atoms with van der Waals surface area (Å²) in [6, 6.07) is 4.57. The van der Waals surface area contributed by atoms with Crippen LogP contribution in [0.4, 0.5) is 0 Å². The fraction of sp³-hybridized carbons (Fsp3) is 0.500. The lowest BCUT2D eigenvalue weighted by molar-refractivity contribution is 0.0433. The molecule has 5 nitrogen and oxygen atoms in total. The number of methoxy groups -OCH3 is 1. The summed E-state index contributed by atoms with van der Waals surface area (Å²) in [6.45, 7) is 1.14. The number of ether oxygens (including phenoxy) is 2. The highest BCUT2D eigenvalue weighted by atomic mass is 35.5. The molecular weight excluding hydrogens is 282 g/mol. The summed E-state index contributed by atoms with van der Waals surface area (Å²) in [4.78, 5) is 12.3. The minimum atomic E-state index is -0.469. The predicted molar refractivity (Wildman–Crippen MR) is 75.6 cm³/mol. The van der Waals surface area contributed by atoms with E-state index in [0.717, 1.165) is 0 Å². The maximum atomic E-state index is 12.3. The van der Waals surface area contributed by atoms with Crippen LogP contribution in [-0.4, -0.2) is 42.8 Å². The largest absolute Gasteiger partial charge is 0.507 e. The number of carbonyl (C=O) groups is 1. The molecule has 1 aliphatic heterocycles. The van der Waals surface area contributed by atoms with Crippen LogP contribution >= 0.6 is 11.6 Å². The standard InChI is InChI=1S/C14H18ClNO4/c1-19-10-2-3-11(12(17)8-10)13(18)16-14(9-15)4-6-20-7-5-14/h2-3,8,17H,4-7,9H2,1H3,(H,16,18). The van der Waals surface area contributed by atoms with E-state index in [9.17, 15) is 9.90 Å². The van der Waals surface area contributed by atoms with Gasteiger partial charge >= 0.3 is 0 Å². The van der Waals surface area contributed by atoms with E-state index in [1.165, 1.54) is 19.2 Å². The molecule has 2 N–H and O–H groups in total. The first-order valence-electron chi connectivity index (χ1n) is 6.43. The van der Waals surface area contributed by atoms with Crippen LogP contribution in [0, 0.1) is 0 Å². The zero-order chi connectivity index (χ0) is 14.6. The van der Waals surface area contributed by atoms with Gasteiger partial charge in [0.05, 0.1) is 18.2 Å². The van der Waals surface area contributed by atoms with Crippen molar-refractivity contribution in [2.45, 2.75) is 18.4 Å². The molecule has 0 saturated carbocycles. The van der Waals surface area contributed by atoms with Crippen LogP contribution in [0.15, 0.2) is 18.2 Å². The van der Waals surface area contributed by atoms with Gasteiger partial charge in [0.15, 0.2) is 0 Å². The Labute approximate surface area is 122 Å². The Bertz CT molecular complexity index is 486. The van der Waals surface area contributed by atoms with Crippen molar-refractivity contribution in [3.63, 3.8) is 0 Å². The van der Waals surface area contributed by atoms with Crippen LogP contribution in [0.25, 0.3) is 0 Å². The number of benzene rings is 1. The van der Waals surface area contributed by atoms with Gasteiger partial charge in [-0.3, -0.25) is 4.79 Å². The fourth-order valence-corrected chi connectivity index (χ4v) is 2.53. The van der Waals surface area contributed by atoms with Crippen LogP contribution in [0.2, 0.25) is 0 Å². The number of aromatic hydroxyl groups is 1. The van der Waals surface area contributed by atoms with Gasteiger partial charge in [0.1, 0.15) is 11.5 Å². The third-order valence-corrected chi connectivity index (χ3v) is 4.05. The molecule has 0 aromatic heterocycles. The van der Waals surface area contributed by atoms with Crippen molar-refractivity contribution in [3.8, 4) is 11.5 Å². The third kappa shape index (κ3) is 3.16. The number of halogens is 1. The lowest BCUT2D eigenvalue weighted by Crippen LogP contribution is -2.53. The van der Waals surface area contributed by atoms with Gasteiger partial charge in [0.2, 0.25) is 0 Å². The van der Waals surface area contributed by atoms with E-state index in [-0.39, 0.29) is 17.2 Å². The van der Waals surface area contributed by atoms with Gasteiger partial charge in [0, 0.05) is 25.2 Å². The van der Waals surface area contributed by atoms with Crippen LogP contribution in [0.5, 0.6) is 11.5 Å². The topological polar surface area (TPSA) is 67.8 Å². The van der Waals surface area contributed by atoms with Gasteiger partial charge in [0.25, 0.3) is 5.91 Å². The summed E-state index contributed by atoms with van der Waals surface area (Å²) in [7, 11) is 1.50. The summed E-state index contributed by atoms with van der Waals surface area (Å²) in [5, 5.41) is 12.8. The smallest absolute Gasteiger partial charge is 0.255 e. The number of phenols is 1. The molecule has 1 aromatic rings. The van der Waals surface area contributed by atoms with Crippen LogP contribution < -0.4 is 10.1 Å². The van der Waals surface area contributed by atoms with E-state index in [0.29, 0.717) is 37.7 Å². The molecule has 1 aromatic carbocycles. The average molecular weight is 300 g/mol. The molecule has 1 fully saturated rings. The summed E-state index contributed by atoms with van der Waals surface area (Å²) >= 11 is 6.00. The molecular formula is C14H18ClNO4. The van der Waals surface area contributed by atoms with Crippen molar-refractivity contribution in [1.82, 2.24) is 5.32 Å². The van der Waals surface area contributed by atoms with E-state index in [1.54, 1.807) is 6.07 Å². The highest BCUT2D eigenvalue weighted by Gasteiger charge is 2.34. The van der Waals surface area contributed by atoms with Crippen LogP contribution in [0.3, 0.4) is 0 Å². The van der Waals surface area contributed by atoms with Crippen molar-refractivity contribution in [3.05, 3.63) is 23.8 Å². The number of carbonyl (C=O) groups excluding carboxylic acids is 1.